The number of fused-ring (bicyclic) bond motifs is 2. The number of halogens is 1. The van der Waals surface area contributed by atoms with Crippen molar-refractivity contribution >= 4 is 16.5 Å². The van der Waals surface area contributed by atoms with Gasteiger partial charge in [0, 0.05) is 24.2 Å². The number of hydrogen-bond acceptors (Lipinski definition) is 6. The smallest absolute Gasteiger partial charge is 0.155 e. The SMILES string of the molecule is O/N=c1/cc(-c2cc3cccn3cn2)oc2ccc(OCCCOc3ccc(F)cc3)cc12. The van der Waals surface area contributed by atoms with Gasteiger partial charge in [0.15, 0.2) is 5.76 Å². The number of benzene rings is 2. The molecule has 166 valence electrons. The van der Waals surface area contributed by atoms with Crippen LogP contribution in [0.2, 0.25) is 0 Å². The van der Waals surface area contributed by atoms with Gasteiger partial charge in [-0.2, -0.15) is 0 Å². The zero-order valence-electron chi connectivity index (χ0n) is 17.5. The molecule has 0 radical (unpaired) electrons. The lowest BCUT2D eigenvalue weighted by atomic mass is 10.2. The lowest BCUT2D eigenvalue weighted by Gasteiger charge is -2.09. The van der Waals surface area contributed by atoms with Gasteiger partial charge in [0.1, 0.15) is 34.0 Å². The van der Waals surface area contributed by atoms with E-state index in [1.165, 1.54) is 12.1 Å². The predicted molar refractivity (Wildman–Crippen MR) is 120 cm³/mol. The fourth-order valence-electron chi connectivity index (χ4n) is 3.49. The molecule has 7 nitrogen and oxygen atoms in total. The zero-order chi connectivity index (χ0) is 22.6. The van der Waals surface area contributed by atoms with E-state index in [0.29, 0.717) is 58.9 Å². The highest BCUT2D eigenvalue weighted by atomic mass is 19.1. The summed E-state index contributed by atoms with van der Waals surface area (Å²) in [6.07, 6.45) is 4.26. The summed E-state index contributed by atoms with van der Waals surface area (Å²) in [4.78, 5) is 4.42. The fraction of sp³-hybridized carbons (Fsp3) is 0.120. The molecule has 2 aromatic carbocycles. The van der Waals surface area contributed by atoms with Gasteiger partial charge in [-0.05, 0) is 60.7 Å². The van der Waals surface area contributed by atoms with Crippen molar-refractivity contribution in [3.05, 3.63) is 90.4 Å². The first-order valence-electron chi connectivity index (χ1n) is 10.4. The Morgan fingerprint density at radius 1 is 0.970 bits per heavy atom. The number of rotatable bonds is 7. The van der Waals surface area contributed by atoms with E-state index in [1.54, 1.807) is 42.7 Å². The minimum Gasteiger partial charge on any atom is -0.493 e. The molecule has 5 rings (SSSR count). The highest BCUT2D eigenvalue weighted by Crippen LogP contribution is 2.24. The van der Waals surface area contributed by atoms with Crippen LogP contribution in [0.25, 0.3) is 27.9 Å². The number of aromatic nitrogens is 2. The van der Waals surface area contributed by atoms with Gasteiger partial charge in [0.05, 0.1) is 24.9 Å². The van der Waals surface area contributed by atoms with Crippen LogP contribution in [-0.2, 0) is 0 Å². The maximum atomic E-state index is 12.9. The molecule has 0 aliphatic heterocycles. The Hall–Kier alpha value is -4.33. The average molecular weight is 445 g/mol. The Kier molecular flexibility index (Phi) is 5.63. The summed E-state index contributed by atoms with van der Waals surface area (Å²) in [6.45, 7) is 0.864. The van der Waals surface area contributed by atoms with Crippen molar-refractivity contribution in [2.45, 2.75) is 6.42 Å². The van der Waals surface area contributed by atoms with Crippen LogP contribution in [-0.4, -0.2) is 27.8 Å². The molecule has 5 aromatic rings. The molecular weight excluding hydrogens is 425 g/mol. The molecule has 3 heterocycles. The van der Waals surface area contributed by atoms with Gasteiger partial charge in [-0.3, -0.25) is 0 Å². The topological polar surface area (TPSA) is 81.5 Å². The Morgan fingerprint density at radius 2 is 1.76 bits per heavy atom. The second-order valence-electron chi connectivity index (χ2n) is 7.37. The molecule has 0 unspecified atom stereocenters. The van der Waals surface area contributed by atoms with Crippen molar-refractivity contribution in [3.8, 4) is 23.0 Å². The Bertz CT molecular complexity index is 1480. The predicted octanol–water partition coefficient (Wildman–Crippen LogP) is 5.02. The molecular formula is C25H20FN3O4. The van der Waals surface area contributed by atoms with Gasteiger partial charge in [-0.1, -0.05) is 5.16 Å². The fourth-order valence-corrected chi connectivity index (χ4v) is 3.49. The second kappa shape index (κ2) is 9.04. The Labute approximate surface area is 188 Å². The van der Waals surface area contributed by atoms with Gasteiger partial charge in [0.25, 0.3) is 0 Å². The summed E-state index contributed by atoms with van der Waals surface area (Å²) in [5, 5.41) is 14.0. The lowest BCUT2D eigenvalue weighted by Crippen LogP contribution is -2.07. The van der Waals surface area contributed by atoms with Crippen LogP contribution in [0.3, 0.4) is 0 Å². The second-order valence-corrected chi connectivity index (χ2v) is 7.37. The summed E-state index contributed by atoms with van der Waals surface area (Å²) < 4.78 is 32.2. The third kappa shape index (κ3) is 4.50. The van der Waals surface area contributed by atoms with Crippen molar-refractivity contribution < 1.29 is 23.5 Å². The van der Waals surface area contributed by atoms with Crippen molar-refractivity contribution in [1.82, 2.24) is 9.38 Å². The van der Waals surface area contributed by atoms with E-state index in [9.17, 15) is 9.60 Å². The molecule has 0 aliphatic carbocycles. The van der Waals surface area contributed by atoms with Crippen LogP contribution < -0.4 is 14.8 Å². The average Bonchev–Trinajstić information content (AvgIpc) is 3.32. The van der Waals surface area contributed by atoms with E-state index < -0.39 is 0 Å². The van der Waals surface area contributed by atoms with E-state index in [-0.39, 0.29) is 5.82 Å². The number of ether oxygens (including phenoxy) is 2. The van der Waals surface area contributed by atoms with Crippen LogP contribution >= 0.6 is 0 Å². The van der Waals surface area contributed by atoms with Gasteiger partial charge in [-0.25, -0.2) is 9.37 Å². The summed E-state index contributed by atoms with van der Waals surface area (Å²) in [5.74, 6) is 1.42. The summed E-state index contributed by atoms with van der Waals surface area (Å²) in [7, 11) is 0. The summed E-state index contributed by atoms with van der Waals surface area (Å²) in [6, 6.07) is 18.7. The van der Waals surface area contributed by atoms with E-state index in [1.807, 2.05) is 28.8 Å². The zero-order valence-corrected chi connectivity index (χ0v) is 17.5. The molecule has 8 heteroatoms. The minimum atomic E-state index is -0.298. The number of nitrogens with zero attached hydrogens (tertiary/aromatic N) is 3. The first-order valence-corrected chi connectivity index (χ1v) is 10.4. The minimum absolute atomic E-state index is 0.298. The quantitative estimate of drug-likeness (QED) is 0.216. The molecule has 0 saturated heterocycles. The van der Waals surface area contributed by atoms with Gasteiger partial charge < -0.3 is 23.5 Å². The highest BCUT2D eigenvalue weighted by molar-refractivity contribution is 5.80. The van der Waals surface area contributed by atoms with Gasteiger partial charge >= 0.3 is 0 Å². The van der Waals surface area contributed by atoms with E-state index in [2.05, 4.69) is 10.1 Å². The van der Waals surface area contributed by atoms with E-state index in [0.717, 1.165) is 5.52 Å². The molecule has 0 amide bonds. The van der Waals surface area contributed by atoms with Crippen LogP contribution in [0.4, 0.5) is 4.39 Å². The highest BCUT2D eigenvalue weighted by Gasteiger charge is 2.10. The Balaban J connectivity index is 1.29. The lowest BCUT2D eigenvalue weighted by molar-refractivity contribution is 0.247. The van der Waals surface area contributed by atoms with Crippen molar-refractivity contribution in [3.63, 3.8) is 0 Å². The molecule has 0 saturated carbocycles. The van der Waals surface area contributed by atoms with Crippen LogP contribution in [0.1, 0.15) is 6.42 Å². The summed E-state index contributed by atoms with van der Waals surface area (Å²) >= 11 is 0. The normalized spacial score (nSPS) is 11.8. The largest absolute Gasteiger partial charge is 0.493 e. The third-order valence-corrected chi connectivity index (χ3v) is 5.13. The van der Waals surface area contributed by atoms with Gasteiger partial charge in [-0.15, -0.1) is 0 Å². The van der Waals surface area contributed by atoms with Gasteiger partial charge in [0.2, 0.25) is 0 Å². The molecule has 0 atom stereocenters. The summed E-state index contributed by atoms with van der Waals surface area (Å²) in [5.41, 5.74) is 2.16. The van der Waals surface area contributed by atoms with Crippen molar-refractivity contribution in [2.75, 3.05) is 13.2 Å². The first kappa shape index (κ1) is 20.6. The monoisotopic (exact) mass is 445 g/mol. The van der Waals surface area contributed by atoms with Crippen molar-refractivity contribution in [1.29, 1.82) is 0 Å². The molecule has 0 fully saturated rings. The number of hydrogen-bond donors (Lipinski definition) is 1. The maximum absolute atomic E-state index is 12.9. The van der Waals surface area contributed by atoms with Crippen LogP contribution in [0.5, 0.6) is 11.5 Å². The molecule has 0 bridgehead atoms. The van der Waals surface area contributed by atoms with E-state index in [4.69, 9.17) is 13.9 Å². The molecule has 0 spiro atoms. The van der Waals surface area contributed by atoms with Crippen LogP contribution in [0, 0.1) is 5.82 Å². The standard InChI is InChI=1S/C25H20FN3O4/c26-17-4-6-19(7-5-17)31-11-2-12-32-20-8-9-24-21(14-20)22(28-30)15-25(33-24)23-13-18-3-1-10-29(18)16-27-23/h1,3-10,13-16,30H,2,11-12H2/b28-22-. The molecule has 3 aromatic heterocycles. The maximum Gasteiger partial charge on any atom is 0.155 e. The molecule has 0 aliphatic rings. The van der Waals surface area contributed by atoms with Crippen molar-refractivity contribution in [2.24, 2.45) is 5.16 Å². The Morgan fingerprint density at radius 3 is 2.58 bits per heavy atom. The molecule has 33 heavy (non-hydrogen) atoms. The van der Waals surface area contributed by atoms with E-state index >= 15 is 0 Å². The third-order valence-electron chi connectivity index (χ3n) is 5.13. The van der Waals surface area contributed by atoms with Crippen LogP contribution in [0.15, 0.2) is 88.8 Å². The first-order chi connectivity index (χ1) is 16.2. The molecule has 1 N–H and O–H groups in total.